The van der Waals surface area contributed by atoms with Crippen molar-refractivity contribution in [2.75, 3.05) is 27.3 Å². The number of alkyl halides is 3. The van der Waals surface area contributed by atoms with E-state index in [9.17, 15) is 13.2 Å². The van der Waals surface area contributed by atoms with Crippen molar-refractivity contribution in [3.63, 3.8) is 0 Å². The molecule has 7 heteroatoms. The highest BCUT2D eigenvalue weighted by molar-refractivity contribution is 5.64. The van der Waals surface area contributed by atoms with E-state index in [1.54, 1.807) is 18.5 Å². The zero-order valence-electron chi connectivity index (χ0n) is 17.4. The normalized spacial score (nSPS) is 13.0. The van der Waals surface area contributed by atoms with E-state index in [4.69, 9.17) is 9.47 Å². The van der Waals surface area contributed by atoms with E-state index >= 15 is 0 Å². The lowest BCUT2D eigenvalue weighted by Gasteiger charge is -2.20. The fourth-order valence-electron chi connectivity index (χ4n) is 2.73. The third kappa shape index (κ3) is 6.22. The van der Waals surface area contributed by atoms with Crippen LogP contribution in [0.15, 0.2) is 41.4 Å². The van der Waals surface area contributed by atoms with Crippen molar-refractivity contribution in [2.24, 2.45) is 4.99 Å². The van der Waals surface area contributed by atoms with Gasteiger partial charge in [0.15, 0.2) is 0 Å². The first-order valence-electron chi connectivity index (χ1n) is 9.34. The molecule has 0 saturated carbocycles. The lowest BCUT2D eigenvalue weighted by atomic mass is 9.99. The Morgan fingerprint density at radius 3 is 2.48 bits per heavy atom. The van der Waals surface area contributed by atoms with Crippen LogP contribution in [0.2, 0.25) is 0 Å². The Labute approximate surface area is 170 Å². The minimum absolute atomic E-state index is 0.107. The van der Waals surface area contributed by atoms with Crippen LogP contribution in [0.5, 0.6) is 11.5 Å². The summed E-state index contributed by atoms with van der Waals surface area (Å²) in [7, 11) is 3.20. The van der Waals surface area contributed by atoms with Gasteiger partial charge in [-0.05, 0) is 61.7 Å². The second kappa shape index (κ2) is 9.78. The lowest BCUT2D eigenvalue weighted by molar-refractivity contribution is -0.160. The zero-order valence-corrected chi connectivity index (χ0v) is 17.4. The number of aliphatic imine (C=N–C) groups is 1. The summed E-state index contributed by atoms with van der Waals surface area (Å²) in [5, 5.41) is 0. The highest BCUT2D eigenvalue weighted by Crippen LogP contribution is 2.37. The van der Waals surface area contributed by atoms with Crippen molar-refractivity contribution >= 4 is 12.0 Å². The molecular weight excluding hydrogens is 381 g/mol. The Hall–Kier alpha value is -2.54. The van der Waals surface area contributed by atoms with Gasteiger partial charge in [-0.25, -0.2) is 4.99 Å². The van der Waals surface area contributed by atoms with Crippen LogP contribution >= 0.6 is 0 Å². The first kappa shape index (κ1) is 22.7. The van der Waals surface area contributed by atoms with E-state index in [0.29, 0.717) is 11.5 Å². The Morgan fingerprint density at radius 1 is 1.14 bits per heavy atom. The zero-order chi connectivity index (χ0) is 21.6. The van der Waals surface area contributed by atoms with Gasteiger partial charge in [-0.1, -0.05) is 12.1 Å². The lowest BCUT2D eigenvalue weighted by Crippen LogP contribution is -2.24. The van der Waals surface area contributed by atoms with Gasteiger partial charge in [0.25, 0.3) is 0 Å². The molecule has 0 radical (unpaired) electrons. The maximum atomic E-state index is 13.3. The maximum absolute atomic E-state index is 13.3. The van der Waals surface area contributed by atoms with Crippen LogP contribution < -0.4 is 4.74 Å². The van der Waals surface area contributed by atoms with Crippen LogP contribution in [0.1, 0.15) is 29.5 Å². The van der Waals surface area contributed by atoms with Crippen molar-refractivity contribution in [1.82, 2.24) is 4.90 Å². The summed E-state index contributed by atoms with van der Waals surface area (Å²) >= 11 is 0. The molecule has 0 aliphatic heterocycles. The maximum Gasteiger partial charge on any atom is 0.397 e. The predicted molar refractivity (Wildman–Crippen MR) is 110 cm³/mol. The molecule has 0 aromatic heterocycles. The van der Waals surface area contributed by atoms with Crippen molar-refractivity contribution < 1.29 is 22.6 Å². The van der Waals surface area contributed by atoms with Gasteiger partial charge in [-0.2, -0.15) is 13.2 Å². The SMILES string of the molecule is CCN(C)C=Nc1cc(C)c(Oc2cccc(C(COC)C(F)(F)F)c2)cc1C. The Balaban J connectivity index is 2.28. The quantitative estimate of drug-likeness (QED) is 0.397. The molecule has 1 atom stereocenters. The molecule has 0 saturated heterocycles. The second-order valence-electron chi connectivity index (χ2n) is 6.95. The van der Waals surface area contributed by atoms with Gasteiger partial charge in [0.2, 0.25) is 0 Å². The third-order valence-electron chi connectivity index (χ3n) is 4.60. The highest BCUT2D eigenvalue weighted by atomic mass is 19.4. The monoisotopic (exact) mass is 408 g/mol. The number of hydrogen-bond donors (Lipinski definition) is 0. The van der Waals surface area contributed by atoms with E-state index in [0.717, 1.165) is 23.4 Å². The first-order valence-corrected chi connectivity index (χ1v) is 9.34. The topological polar surface area (TPSA) is 34.1 Å². The van der Waals surface area contributed by atoms with Crippen molar-refractivity contribution in [3.05, 3.63) is 53.1 Å². The van der Waals surface area contributed by atoms with Gasteiger partial charge in [-0.15, -0.1) is 0 Å². The van der Waals surface area contributed by atoms with Gasteiger partial charge in [0, 0.05) is 20.7 Å². The molecule has 1 unspecified atom stereocenters. The van der Waals surface area contributed by atoms with E-state index in [1.165, 1.54) is 19.2 Å². The average molecular weight is 408 g/mol. The van der Waals surface area contributed by atoms with Crippen molar-refractivity contribution in [3.8, 4) is 11.5 Å². The standard InChI is InChI=1S/C22H27F3N2O2/c1-6-27(4)14-26-20-10-16(3)21(11-15(20)2)29-18-9-7-8-17(12-18)19(13-28-5)22(23,24)25/h7-12,14,19H,6,13H2,1-5H3. The molecule has 2 rings (SSSR count). The molecule has 158 valence electrons. The Kier molecular flexibility index (Phi) is 7.67. The number of nitrogens with zero attached hydrogens (tertiary/aromatic N) is 2. The van der Waals surface area contributed by atoms with Crippen LogP contribution in [0, 0.1) is 13.8 Å². The summed E-state index contributed by atoms with van der Waals surface area (Å²) in [6, 6.07) is 9.79. The number of methoxy groups -OCH3 is 1. The molecule has 0 heterocycles. The van der Waals surface area contributed by atoms with E-state index < -0.39 is 18.7 Å². The predicted octanol–water partition coefficient (Wildman–Crippen LogP) is 6.00. The molecule has 0 amide bonds. The molecule has 0 fully saturated rings. The molecule has 0 spiro atoms. The fraction of sp³-hybridized carbons (Fsp3) is 0.409. The molecule has 0 aliphatic rings. The van der Waals surface area contributed by atoms with E-state index in [2.05, 4.69) is 4.99 Å². The number of benzene rings is 2. The number of aryl methyl sites for hydroxylation is 2. The van der Waals surface area contributed by atoms with Gasteiger partial charge in [-0.3, -0.25) is 0 Å². The van der Waals surface area contributed by atoms with Crippen LogP contribution in [0.4, 0.5) is 18.9 Å². The summed E-state index contributed by atoms with van der Waals surface area (Å²) in [4.78, 5) is 6.44. The number of rotatable bonds is 8. The van der Waals surface area contributed by atoms with E-state index in [-0.39, 0.29) is 5.56 Å². The minimum Gasteiger partial charge on any atom is -0.457 e. The fourth-order valence-corrected chi connectivity index (χ4v) is 2.73. The summed E-state index contributed by atoms with van der Waals surface area (Å²) in [6.45, 7) is 6.24. The molecule has 4 nitrogen and oxygen atoms in total. The summed E-state index contributed by atoms with van der Waals surface area (Å²) < 4.78 is 50.7. The average Bonchev–Trinajstić information content (AvgIpc) is 2.66. The van der Waals surface area contributed by atoms with Gasteiger partial charge in [0.1, 0.15) is 17.4 Å². The van der Waals surface area contributed by atoms with Crippen LogP contribution in [0.3, 0.4) is 0 Å². The Morgan fingerprint density at radius 2 is 1.86 bits per heavy atom. The van der Waals surface area contributed by atoms with Crippen LogP contribution in [-0.4, -0.2) is 44.7 Å². The highest BCUT2D eigenvalue weighted by Gasteiger charge is 2.40. The molecule has 29 heavy (non-hydrogen) atoms. The van der Waals surface area contributed by atoms with Crippen molar-refractivity contribution in [2.45, 2.75) is 32.9 Å². The second-order valence-corrected chi connectivity index (χ2v) is 6.95. The van der Waals surface area contributed by atoms with Gasteiger partial charge in [0.05, 0.1) is 18.6 Å². The minimum atomic E-state index is -4.40. The summed E-state index contributed by atoms with van der Waals surface area (Å²) in [5.74, 6) is -0.777. The van der Waals surface area contributed by atoms with Crippen LogP contribution in [-0.2, 0) is 4.74 Å². The van der Waals surface area contributed by atoms with Gasteiger partial charge < -0.3 is 14.4 Å². The molecule has 0 aliphatic carbocycles. The molecule has 0 bridgehead atoms. The van der Waals surface area contributed by atoms with Crippen molar-refractivity contribution in [1.29, 1.82) is 0 Å². The molecule has 2 aromatic rings. The largest absolute Gasteiger partial charge is 0.457 e. The third-order valence-corrected chi connectivity index (χ3v) is 4.60. The number of hydrogen-bond acceptors (Lipinski definition) is 3. The number of ether oxygens (including phenoxy) is 2. The Bertz CT molecular complexity index is 850. The first-order chi connectivity index (χ1) is 13.7. The van der Waals surface area contributed by atoms with E-state index in [1.807, 2.05) is 44.9 Å². The smallest absolute Gasteiger partial charge is 0.397 e. The molecular formula is C22H27F3N2O2. The molecule has 2 aromatic carbocycles. The van der Waals surface area contributed by atoms with Crippen LogP contribution in [0.25, 0.3) is 0 Å². The number of halogens is 3. The van der Waals surface area contributed by atoms with Gasteiger partial charge >= 0.3 is 6.18 Å². The molecule has 0 N–H and O–H groups in total. The summed E-state index contributed by atoms with van der Waals surface area (Å²) in [5.41, 5.74) is 2.68. The summed E-state index contributed by atoms with van der Waals surface area (Å²) in [6.07, 6.45) is -2.63.